The van der Waals surface area contributed by atoms with Gasteiger partial charge in [0.1, 0.15) is 17.4 Å². The van der Waals surface area contributed by atoms with Crippen LogP contribution in [0.15, 0.2) is 80.8 Å². The topological polar surface area (TPSA) is 123 Å². The molecule has 0 aliphatic heterocycles. The van der Waals surface area contributed by atoms with E-state index in [0.29, 0.717) is 57.2 Å². The molecule has 0 radical (unpaired) electrons. The first-order valence-corrected chi connectivity index (χ1v) is 15.3. The number of nitrogens with one attached hydrogen (secondary N) is 1. The van der Waals surface area contributed by atoms with E-state index < -0.39 is 11.6 Å². The highest BCUT2D eigenvalue weighted by Crippen LogP contribution is 2.31. The average molecular weight is 611 g/mol. The quantitative estimate of drug-likeness (QED) is 0.213. The number of aromatic nitrogens is 4. The number of H-pyrrole nitrogens is 1. The average Bonchev–Trinajstić information content (AvgIpc) is 3.48. The lowest BCUT2D eigenvalue weighted by Crippen LogP contribution is -2.28. The van der Waals surface area contributed by atoms with Crippen molar-refractivity contribution in [1.29, 1.82) is 0 Å². The van der Waals surface area contributed by atoms with Crippen molar-refractivity contribution in [3.8, 4) is 34.0 Å². The number of hydrogen-bond donors (Lipinski definition) is 2. The van der Waals surface area contributed by atoms with Gasteiger partial charge in [-0.25, -0.2) is 14.2 Å². The Balaban J connectivity index is 1.30. The Hall–Kier alpha value is -4.83. The molecule has 3 aromatic carbocycles. The summed E-state index contributed by atoms with van der Waals surface area (Å²) < 4.78 is 28.1. The molecule has 6 rings (SSSR count). The van der Waals surface area contributed by atoms with Crippen LogP contribution in [-0.2, 0) is 12.8 Å². The zero-order chi connectivity index (χ0) is 31.5. The Morgan fingerprint density at radius 1 is 1.02 bits per heavy atom. The first-order valence-electron chi connectivity index (χ1n) is 15.3. The third-order valence-electron chi connectivity index (χ3n) is 8.31. The summed E-state index contributed by atoms with van der Waals surface area (Å²) in [7, 11) is 0. The van der Waals surface area contributed by atoms with Gasteiger partial charge in [-0.3, -0.25) is 18.9 Å². The smallest absolute Gasteiger partial charge is 0.439 e. The second-order valence-corrected chi connectivity index (χ2v) is 11.5. The normalized spacial score (nSPS) is 16.5. The van der Waals surface area contributed by atoms with Crippen molar-refractivity contribution in [2.24, 2.45) is 0 Å². The fourth-order valence-corrected chi connectivity index (χ4v) is 6.01. The van der Waals surface area contributed by atoms with Crippen molar-refractivity contribution in [3.05, 3.63) is 116 Å². The largest absolute Gasteiger partial charge is 0.490 e. The summed E-state index contributed by atoms with van der Waals surface area (Å²) in [5.74, 6) is 0.387. The van der Waals surface area contributed by atoms with E-state index >= 15 is 4.39 Å². The molecule has 9 nitrogen and oxygen atoms in total. The first kappa shape index (κ1) is 30.2. The fraction of sp³-hybridized carbons (Fsp3) is 0.314. The summed E-state index contributed by atoms with van der Waals surface area (Å²) in [6.07, 6.45) is 4.36. The number of benzene rings is 3. The van der Waals surface area contributed by atoms with E-state index in [1.54, 1.807) is 35.8 Å². The van der Waals surface area contributed by atoms with Crippen molar-refractivity contribution in [2.75, 3.05) is 0 Å². The van der Waals surface area contributed by atoms with E-state index in [4.69, 9.17) is 9.72 Å². The number of hydrogen-bond acceptors (Lipinski definition) is 7. The molecule has 1 saturated carbocycles. The second kappa shape index (κ2) is 13.0. The van der Waals surface area contributed by atoms with Gasteiger partial charge in [-0.05, 0) is 86.1 Å². The van der Waals surface area contributed by atoms with E-state index in [1.807, 2.05) is 43.3 Å². The lowest BCUT2D eigenvalue weighted by Gasteiger charge is -2.26. The number of ether oxygens (including phenoxy) is 1. The van der Waals surface area contributed by atoms with Crippen LogP contribution in [0.1, 0.15) is 61.7 Å². The zero-order valence-corrected chi connectivity index (χ0v) is 25.3. The first-order chi connectivity index (χ1) is 21.8. The Kier molecular flexibility index (Phi) is 8.75. The highest BCUT2D eigenvalue weighted by Gasteiger charge is 2.22. The van der Waals surface area contributed by atoms with E-state index in [1.165, 1.54) is 6.07 Å². The minimum absolute atomic E-state index is 0.0615. The van der Waals surface area contributed by atoms with Gasteiger partial charge in [-0.2, -0.15) is 0 Å². The molecule has 10 heteroatoms. The molecule has 1 aliphatic rings. The number of aliphatic hydroxyl groups excluding tert-OH is 1. The van der Waals surface area contributed by atoms with E-state index in [0.717, 1.165) is 32.1 Å². The molecule has 0 spiro atoms. The van der Waals surface area contributed by atoms with Gasteiger partial charge in [0.2, 0.25) is 0 Å². The third kappa shape index (κ3) is 6.51. The van der Waals surface area contributed by atoms with Crippen LogP contribution in [0.4, 0.5) is 4.39 Å². The number of nitrogens with zero attached hydrogens (tertiary/aromatic N) is 3. The molecule has 2 aromatic heterocycles. The number of aliphatic hydroxyl groups is 1. The third-order valence-corrected chi connectivity index (χ3v) is 8.31. The molecule has 1 fully saturated rings. The van der Waals surface area contributed by atoms with Crippen molar-refractivity contribution >= 4 is 0 Å². The van der Waals surface area contributed by atoms with Crippen LogP contribution < -0.4 is 16.1 Å². The fourth-order valence-electron chi connectivity index (χ4n) is 6.01. The molecule has 2 heterocycles. The van der Waals surface area contributed by atoms with Crippen LogP contribution in [0.2, 0.25) is 0 Å². The van der Waals surface area contributed by atoms with Gasteiger partial charge in [-0.15, -0.1) is 0 Å². The highest BCUT2D eigenvalue weighted by atomic mass is 19.1. The Morgan fingerprint density at radius 3 is 2.42 bits per heavy atom. The maximum Gasteiger partial charge on any atom is 0.439 e. The Morgan fingerprint density at radius 2 is 1.76 bits per heavy atom. The van der Waals surface area contributed by atoms with Crippen molar-refractivity contribution in [3.63, 3.8) is 0 Å². The van der Waals surface area contributed by atoms with Crippen LogP contribution >= 0.6 is 0 Å². The van der Waals surface area contributed by atoms with Crippen molar-refractivity contribution < 1.29 is 18.8 Å². The minimum atomic E-state index is -0.674. The van der Waals surface area contributed by atoms with Crippen LogP contribution in [0.5, 0.6) is 5.75 Å². The molecular weight excluding hydrogens is 575 g/mol. The van der Waals surface area contributed by atoms with E-state index in [-0.39, 0.29) is 30.0 Å². The molecule has 1 aliphatic carbocycles. The van der Waals surface area contributed by atoms with Gasteiger partial charge in [0.25, 0.3) is 5.56 Å². The molecule has 45 heavy (non-hydrogen) atoms. The number of halogens is 1. The summed E-state index contributed by atoms with van der Waals surface area (Å²) in [4.78, 5) is 32.9. The predicted molar refractivity (Wildman–Crippen MR) is 168 cm³/mol. The predicted octanol–water partition coefficient (Wildman–Crippen LogP) is 5.92. The van der Waals surface area contributed by atoms with Crippen molar-refractivity contribution in [1.82, 2.24) is 19.7 Å². The van der Waals surface area contributed by atoms with Gasteiger partial charge < -0.3 is 9.84 Å². The number of aromatic amines is 1. The Bertz CT molecular complexity index is 1920. The molecule has 232 valence electrons. The molecule has 0 atom stereocenters. The second-order valence-electron chi connectivity index (χ2n) is 11.5. The summed E-state index contributed by atoms with van der Waals surface area (Å²) in [5, 5.41) is 13.6. The van der Waals surface area contributed by atoms with Crippen LogP contribution in [-0.4, -0.2) is 37.0 Å². The maximum absolute atomic E-state index is 15.7. The number of rotatable bonds is 9. The van der Waals surface area contributed by atoms with E-state index in [2.05, 4.69) is 14.7 Å². The molecule has 0 unspecified atom stereocenters. The molecule has 0 amide bonds. The van der Waals surface area contributed by atoms with Crippen molar-refractivity contribution in [2.45, 2.75) is 71.0 Å². The molecule has 0 saturated heterocycles. The highest BCUT2D eigenvalue weighted by molar-refractivity contribution is 5.80. The van der Waals surface area contributed by atoms with Gasteiger partial charge in [0, 0.05) is 17.5 Å². The molecule has 2 N–H and O–H groups in total. The van der Waals surface area contributed by atoms with Crippen LogP contribution in [0.25, 0.3) is 28.2 Å². The van der Waals surface area contributed by atoms with Gasteiger partial charge in [0.05, 0.1) is 23.6 Å². The zero-order valence-electron chi connectivity index (χ0n) is 25.3. The SMILES string of the molecule is CCCc1nc(C)n(-c2ccc(OC3CCC(O)CC3)cc2)c(=O)c1Cc1ccc(-c2ccccc2-c2noc(=O)[nH]2)cc1F. The standard InChI is InChI=1S/C35H35FN4O5/c1-3-6-32-30(19-23-10-9-22(20-31(23)36)28-7-4-5-8-29(28)33-38-35(43)45-39-33)34(42)40(21(2)37-32)24-11-15-26(16-12-24)44-27-17-13-25(41)14-18-27/h4-5,7-12,15-16,20,25,27,41H,3,6,13-14,17-19H2,1-2H3,(H,38,39,43). The van der Waals surface area contributed by atoms with Crippen LogP contribution in [0, 0.1) is 12.7 Å². The molecule has 0 bridgehead atoms. The lowest BCUT2D eigenvalue weighted by atomic mass is 9.95. The minimum Gasteiger partial charge on any atom is -0.490 e. The van der Waals surface area contributed by atoms with Gasteiger partial charge in [0.15, 0.2) is 5.82 Å². The molecular formula is C35H35FN4O5. The lowest BCUT2D eigenvalue weighted by molar-refractivity contribution is 0.0666. The summed E-state index contributed by atoms with van der Waals surface area (Å²) in [6.45, 7) is 3.82. The number of aryl methyl sites for hydroxylation is 2. The summed E-state index contributed by atoms with van der Waals surface area (Å²) in [6, 6.07) is 19.5. The maximum atomic E-state index is 15.7. The Labute approximate surface area is 259 Å². The monoisotopic (exact) mass is 610 g/mol. The van der Waals surface area contributed by atoms with Gasteiger partial charge in [-0.1, -0.05) is 54.9 Å². The summed E-state index contributed by atoms with van der Waals surface area (Å²) >= 11 is 0. The molecule has 5 aromatic rings. The summed E-state index contributed by atoms with van der Waals surface area (Å²) in [5.41, 5.74) is 3.78. The van der Waals surface area contributed by atoms with E-state index in [9.17, 15) is 14.7 Å². The van der Waals surface area contributed by atoms with Crippen LogP contribution in [0.3, 0.4) is 0 Å². The van der Waals surface area contributed by atoms with Gasteiger partial charge >= 0.3 is 5.76 Å².